The van der Waals surface area contributed by atoms with E-state index in [0.29, 0.717) is 6.42 Å². The van der Waals surface area contributed by atoms with E-state index in [0.717, 1.165) is 17.2 Å². The summed E-state index contributed by atoms with van der Waals surface area (Å²) in [6.45, 7) is 0. The van der Waals surface area contributed by atoms with Crippen molar-refractivity contribution in [2.45, 2.75) is 12.8 Å². The van der Waals surface area contributed by atoms with E-state index in [2.05, 4.69) is 29.0 Å². The van der Waals surface area contributed by atoms with Gasteiger partial charge in [-0.2, -0.15) is 0 Å². The normalized spacial score (nSPS) is 13.1. The molecule has 0 amide bonds. The molecule has 1 aromatic rings. The Balaban J connectivity index is 2.39. The van der Waals surface area contributed by atoms with Gasteiger partial charge in [-0.15, -0.1) is 0 Å². The summed E-state index contributed by atoms with van der Waals surface area (Å²) in [6, 6.07) is 6.07. The molecule has 0 N–H and O–H groups in total. The van der Waals surface area contributed by atoms with Gasteiger partial charge in [0, 0.05) is 0 Å². The van der Waals surface area contributed by atoms with E-state index < -0.39 is 0 Å². The summed E-state index contributed by atoms with van der Waals surface area (Å²) < 4.78 is 4.65. The molecule has 1 aliphatic rings. The predicted octanol–water partition coefficient (Wildman–Crippen LogP) is 0.923. The average molecular weight is 214 g/mol. The summed E-state index contributed by atoms with van der Waals surface area (Å²) >= 11 is 0. The summed E-state index contributed by atoms with van der Waals surface area (Å²) in [4.78, 5) is 11.2. The first-order valence-electron chi connectivity index (χ1n) is 5.32. The summed E-state index contributed by atoms with van der Waals surface area (Å²) in [5.41, 5.74) is 0.991. The number of allylic oxidation sites excluding steroid dienone is 2. The van der Waals surface area contributed by atoms with Gasteiger partial charge >= 0.3 is 5.97 Å². The second kappa shape index (κ2) is 4.79. The van der Waals surface area contributed by atoms with Crippen molar-refractivity contribution in [3.63, 3.8) is 0 Å². The molecule has 2 heteroatoms. The number of ether oxygens (including phenoxy) is 1. The molecule has 0 bridgehead atoms. The zero-order valence-corrected chi connectivity index (χ0v) is 9.27. The Morgan fingerprint density at radius 2 is 2.25 bits per heavy atom. The van der Waals surface area contributed by atoms with Crippen LogP contribution >= 0.6 is 0 Å². The second-order valence-electron chi connectivity index (χ2n) is 3.75. The van der Waals surface area contributed by atoms with Crippen LogP contribution in [0.2, 0.25) is 0 Å². The topological polar surface area (TPSA) is 26.3 Å². The Morgan fingerprint density at radius 1 is 1.38 bits per heavy atom. The highest BCUT2D eigenvalue weighted by Crippen LogP contribution is 1.97. The highest BCUT2D eigenvalue weighted by molar-refractivity contribution is 5.72. The van der Waals surface area contributed by atoms with Gasteiger partial charge in [0.2, 0.25) is 0 Å². The summed E-state index contributed by atoms with van der Waals surface area (Å²) in [5.74, 6) is -0.201. The van der Waals surface area contributed by atoms with Crippen molar-refractivity contribution in [1.82, 2.24) is 0 Å². The third-order valence-corrected chi connectivity index (χ3v) is 2.61. The van der Waals surface area contributed by atoms with Crippen LogP contribution in [0.4, 0.5) is 0 Å². The van der Waals surface area contributed by atoms with E-state index in [4.69, 9.17) is 0 Å². The first-order valence-corrected chi connectivity index (χ1v) is 5.32. The van der Waals surface area contributed by atoms with Gasteiger partial charge in [0.05, 0.1) is 13.5 Å². The van der Waals surface area contributed by atoms with Gasteiger partial charge in [-0.05, 0) is 22.4 Å². The van der Waals surface area contributed by atoms with E-state index in [-0.39, 0.29) is 5.97 Å². The third-order valence-electron chi connectivity index (χ3n) is 2.61. The molecule has 0 fully saturated rings. The highest BCUT2D eigenvalue weighted by atomic mass is 16.5. The minimum atomic E-state index is -0.201. The maximum Gasteiger partial charge on any atom is 0.309 e. The molecule has 1 aromatic carbocycles. The Labute approximate surface area is 94.6 Å². The van der Waals surface area contributed by atoms with Crippen molar-refractivity contribution >= 4 is 18.1 Å². The SMILES string of the molecule is COC(=O)Cc1ccc2c(c1)=CC=CCC=2. The fourth-order valence-electron chi connectivity index (χ4n) is 1.75. The summed E-state index contributed by atoms with van der Waals surface area (Å²) in [5, 5.41) is 2.38. The van der Waals surface area contributed by atoms with Crippen LogP contribution in [0.15, 0.2) is 30.4 Å². The Bertz CT molecular complexity index is 538. The van der Waals surface area contributed by atoms with Crippen LogP contribution in [-0.4, -0.2) is 13.1 Å². The smallest absolute Gasteiger partial charge is 0.309 e. The molecule has 0 saturated carbocycles. The lowest BCUT2D eigenvalue weighted by Gasteiger charge is -2.00. The molecule has 2 rings (SSSR count). The molecule has 82 valence electrons. The number of hydrogen-bond donors (Lipinski definition) is 0. The second-order valence-corrected chi connectivity index (χ2v) is 3.75. The Kier molecular flexibility index (Phi) is 3.20. The number of fused-ring (bicyclic) bond motifs is 1. The van der Waals surface area contributed by atoms with Crippen molar-refractivity contribution in [2.24, 2.45) is 0 Å². The van der Waals surface area contributed by atoms with Gasteiger partial charge in [-0.1, -0.05) is 42.5 Å². The molecule has 0 unspecified atom stereocenters. The van der Waals surface area contributed by atoms with E-state index >= 15 is 0 Å². The van der Waals surface area contributed by atoms with Gasteiger partial charge < -0.3 is 4.74 Å². The number of methoxy groups -OCH3 is 1. The van der Waals surface area contributed by atoms with Crippen molar-refractivity contribution in [1.29, 1.82) is 0 Å². The molecule has 0 heterocycles. The Hall–Kier alpha value is -1.83. The maximum absolute atomic E-state index is 11.2. The fraction of sp³-hybridized carbons (Fsp3) is 0.214. The standard InChI is InChI=1S/C14H14O2/c1-16-14(15)10-11-7-8-12-5-3-2-4-6-13(12)9-11/h2,4-9H,3,10H2,1H3. The minimum Gasteiger partial charge on any atom is -0.469 e. The van der Waals surface area contributed by atoms with E-state index in [1.165, 1.54) is 12.3 Å². The minimum absolute atomic E-state index is 0.201. The highest BCUT2D eigenvalue weighted by Gasteiger charge is 2.02. The lowest BCUT2D eigenvalue weighted by atomic mass is 10.1. The predicted molar refractivity (Wildman–Crippen MR) is 64.1 cm³/mol. The molecule has 0 aliphatic heterocycles. The van der Waals surface area contributed by atoms with Crippen LogP contribution in [-0.2, 0) is 16.0 Å². The van der Waals surface area contributed by atoms with Crippen LogP contribution in [0.1, 0.15) is 12.0 Å². The van der Waals surface area contributed by atoms with Gasteiger partial charge in [0.25, 0.3) is 0 Å². The average Bonchev–Trinajstić information content (AvgIpc) is 2.53. The van der Waals surface area contributed by atoms with Crippen molar-refractivity contribution in [2.75, 3.05) is 7.11 Å². The molecular weight excluding hydrogens is 200 g/mol. The monoisotopic (exact) mass is 214 g/mol. The number of benzene rings is 1. The van der Waals surface area contributed by atoms with Gasteiger partial charge in [0.15, 0.2) is 0 Å². The van der Waals surface area contributed by atoms with E-state index in [1.807, 2.05) is 18.2 Å². The molecule has 0 spiro atoms. The molecule has 0 saturated heterocycles. The van der Waals surface area contributed by atoms with E-state index in [1.54, 1.807) is 0 Å². The lowest BCUT2D eigenvalue weighted by molar-refractivity contribution is -0.139. The molecule has 0 atom stereocenters. The Morgan fingerprint density at radius 3 is 3.06 bits per heavy atom. The molecule has 16 heavy (non-hydrogen) atoms. The zero-order chi connectivity index (χ0) is 11.4. The quantitative estimate of drug-likeness (QED) is 0.684. The van der Waals surface area contributed by atoms with Crippen molar-refractivity contribution < 1.29 is 9.53 Å². The molecule has 0 radical (unpaired) electrons. The van der Waals surface area contributed by atoms with Crippen molar-refractivity contribution in [3.8, 4) is 0 Å². The number of carbonyl (C=O) groups excluding carboxylic acids is 1. The summed E-state index contributed by atoms with van der Waals surface area (Å²) in [7, 11) is 1.41. The van der Waals surface area contributed by atoms with Crippen LogP contribution in [0, 0.1) is 0 Å². The molecular formula is C14H14O2. The van der Waals surface area contributed by atoms with Crippen LogP contribution < -0.4 is 10.4 Å². The fourth-order valence-corrected chi connectivity index (χ4v) is 1.75. The lowest BCUT2D eigenvalue weighted by Crippen LogP contribution is -2.24. The van der Waals surface area contributed by atoms with Crippen LogP contribution in [0.5, 0.6) is 0 Å². The first kappa shape index (κ1) is 10.7. The first-order chi connectivity index (χ1) is 7.79. The molecule has 1 aliphatic carbocycles. The van der Waals surface area contributed by atoms with Gasteiger partial charge in [-0.3, -0.25) is 4.79 Å². The zero-order valence-electron chi connectivity index (χ0n) is 9.27. The molecule has 0 aromatic heterocycles. The summed E-state index contributed by atoms with van der Waals surface area (Å²) in [6.07, 6.45) is 9.70. The number of hydrogen-bond acceptors (Lipinski definition) is 2. The van der Waals surface area contributed by atoms with Crippen LogP contribution in [0.25, 0.3) is 12.2 Å². The van der Waals surface area contributed by atoms with E-state index in [9.17, 15) is 4.79 Å². The van der Waals surface area contributed by atoms with Crippen molar-refractivity contribution in [3.05, 3.63) is 46.4 Å². The van der Waals surface area contributed by atoms with Gasteiger partial charge in [-0.25, -0.2) is 0 Å². The number of carbonyl (C=O) groups is 1. The van der Waals surface area contributed by atoms with Crippen LogP contribution in [0.3, 0.4) is 0 Å². The third kappa shape index (κ3) is 2.40. The van der Waals surface area contributed by atoms with Gasteiger partial charge in [0.1, 0.15) is 0 Å². The largest absolute Gasteiger partial charge is 0.469 e. The maximum atomic E-state index is 11.2. The molecule has 2 nitrogen and oxygen atoms in total. The number of esters is 1. The number of rotatable bonds is 2.